The first-order valence-electron chi connectivity index (χ1n) is 15.5. The molecule has 1 nitrogen and oxygen atoms in total. The third kappa shape index (κ3) is 17.9. The largest absolute Gasteiger partial charge is 1.00 e. The molecule has 1 aliphatic rings. The van der Waals surface area contributed by atoms with Gasteiger partial charge < -0.3 is 12.3 Å². The van der Waals surface area contributed by atoms with Gasteiger partial charge in [0.15, 0.2) is 0 Å². The van der Waals surface area contributed by atoms with E-state index in [1.165, 1.54) is 53.8 Å². The molecule has 0 radical (unpaired) electrons. The first kappa shape index (κ1) is 43.3. The molecule has 0 N–H and O–H groups in total. The zero-order valence-electron chi connectivity index (χ0n) is 28.7. The summed E-state index contributed by atoms with van der Waals surface area (Å²) in [7, 11) is 2.20. The summed E-state index contributed by atoms with van der Waals surface area (Å²) < 4.78 is 0. The Labute approximate surface area is 315 Å². The maximum absolute atomic E-state index is 2.40. The van der Waals surface area contributed by atoms with Crippen molar-refractivity contribution in [3.8, 4) is 0 Å². The molecule has 43 heavy (non-hydrogen) atoms. The number of likely N-dealkylation sites (tertiary alicyclic amines) is 1. The maximum Gasteiger partial charge on any atom is 1.00 e. The molecule has 0 spiro atoms. The monoisotopic (exact) mass is 647 g/mol. The smallest absolute Gasteiger partial charge is 0.358 e. The van der Waals surface area contributed by atoms with Crippen LogP contribution in [-0.2, 0) is 6.42 Å². The first-order valence-corrected chi connectivity index (χ1v) is 15.5. The van der Waals surface area contributed by atoms with E-state index in [9.17, 15) is 0 Å². The minimum absolute atomic E-state index is 0. The summed E-state index contributed by atoms with van der Waals surface area (Å²) in [6.07, 6.45) is 8.03. The van der Waals surface area contributed by atoms with Crippen LogP contribution in [0.4, 0.5) is 0 Å². The molecule has 1 saturated heterocycles. The van der Waals surface area contributed by atoms with Gasteiger partial charge in [0.05, 0.1) is 0 Å². The van der Waals surface area contributed by atoms with Gasteiger partial charge in [-0.05, 0) is 54.1 Å². The van der Waals surface area contributed by atoms with Crippen LogP contribution in [-0.4, -0.2) is 25.0 Å². The van der Waals surface area contributed by atoms with Crippen molar-refractivity contribution in [2.75, 3.05) is 20.1 Å². The van der Waals surface area contributed by atoms with Crippen LogP contribution in [0.2, 0.25) is 0 Å². The molecule has 0 aliphatic carbocycles. The Balaban J connectivity index is 0. The molecule has 4 aromatic carbocycles. The van der Waals surface area contributed by atoms with Crippen LogP contribution in [0.3, 0.4) is 0 Å². The number of hydrogen-bond donors (Lipinski definition) is 0. The Morgan fingerprint density at radius 2 is 0.884 bits per heavy atom. The van der Waals surface area contributed by atoms with Crippen molar-refractivity contribution in [1.82, 2.24) is 4.90 Å². The molecule has 1 heterocycles. The molecule has 0 atom stereocenters. The van der Waals surface area contributed by atoms with Gasteiger partial charge in [-0.25, -0.2) is 0 Å². The first-order chi connectivity index (χ1) is 20.3. The third-order valence-electron chi connectivity index (χ3n) is 6.38. The van der Waals surface area contributed by atoms with E-state index < -0.39 is 0 Å². The van der Waals surface area contributed by atoms with E-state index in [0.29, 0.717) is 0 Å². The van der Waals surface area contributed by atoms with Crippen LogP contribution < -0.4 is 58.2 Å². The minimum Gasteiger partial charge on any atom is -0.358 e. The Kier molecular flexibility index (Phi) is 29.0. The van der Waals surface area contributed by atoms with Crippen molar-refractivity contribution < 1.29 is 58.2 Å². The fourth-order valence-corrected chi connectivity index (χ4v) is 4.30. The standard InChI is InChI=1S/C21H23N.C13H12.3C2H6.CH3.Rb/c1-22-16-14-18(15-17-22)12-13-21(19-8-4-2-5-9-19)20-10-6-3-7-11-20;1-3-7-12(8-4-1)11-13-9-5-2-6-10-13;3*1-2;;/h2-13H,14-17H2,1H3;1-10H,11H2;3*1-2H3;1H3;/q;;;;;-1;+1. The van der Waals surface area contributed by atoms with Gasteiger partial charge in [0.2, 0.25) is 0 Å². The Morgan fingerprint density at radius 1 is 0.558 bits per heavy atom. The van der Waals surface area contributed by atoms with Gasteiger partial charge in [0, 0.05) is 13.1 Å². The Hall–Kier alpha value is -1.87. The number of nitrogens with zero attached hydrogens (tertiary/aromatic N) is 1. The average Bonchev–Trinajstić information content (AvgIpc) is 3.07. The van der Waals surface area contributed by atoms with Crippen molar-refractivity contribution in [1.29, 1.82) is 0 Å². The van der Waals surface area contributed by atoms with Crippen LogP contribution in [0, 0.1) is 7.43 Å². The van der Waals surface area contributed by atoms with Gasteiger partial charge in [-0.15, -0.1) is 0 Å². The van der Waals surface area contributed by atoms with E-state index in [1.54, 1.807) is 5.57 Å². The summed E-state index contributed by atoms with van der Waals surface area (Å²) >= 11 is 0. The molecular formula is C41H56NRb. The molecule has 1 aliphatic heterocycles. The zero-order valence-corrected chi connectivity index (χ0v) is 33.6. The van der Waals surface area contributed by atoms with E-state index in [1.807, 2.05) is 41.5 Å². The minimum atomic E-state index is 0. The topological polar surface area (TPSA) is 3.24 Å². The zero-order chi connectivity index (χ0) is 30.1. The summed E-state index contributed by atoms with van der Waals surface area (Å²) in [5, 5.41) is 0. The van der Waals surface area contributed by atoms with Crippen LogP contribution in [0.1, 0.15) is 76.6 Å². The second-order valence-corrected chi connectivity index (χ2v) is 9.09. The number of benzene rings is 4. The molecule has 5 rings (SSSR count). The molecule has 0 bridgehead atoms. The third-order valence-corrected chi connectivity index (χ3v) is 6.38. The number of rotatable bonds is 5. The SMILES string of the molecule is CC.CC.CC.CN1CCC(=CC=C(c2ccccc2)c2ccccc2)CC1.[CH3-].[Rb+].c1ccc(Cc2ccccc2)cc1. The summed E-state index contributed by atoms with van der Waals surface area (Å²) in [6.45, 7) is 14.3. The van der Waals surface area contributed by atoms with Crippen molar-refractivity contribution >= 4 is 5.57 Å². The van der Waals surface area contributed by atoms with E-state index in [4.69, 9.17) is 0 Å². The maximum atomic E-state index is 2.40. The van der Waals surface area contributed by atoms with Gasteiger partial charge in [-0.3, -0.25) is 0 Å². The Bertz CT molecular complexity index is 1110. The summed E-state index contributed by atoms with van der Waals surface area (Å²) in [5.41, 5.74) is 8.15. The van der Waals surface area contributed by atoms with Gasteiger partial charge in [-0.2, -0.15) is 0 Å². The average molecular weight is 648 g/mol. The summed E-state index contributed by atoms with van der Waals surface area (Å²) in [6, 6.07) is 42.4. The van der Waals surface area contributed by atoms with Crippen molar-refractivity contribution in [3.05, 3.63) is 169 Å². The van der Waals surface area contributed by atoms with Crippen LogP contribution >= 0.6 is 0 Å². The molecule has 0 aromatic heterocycles. The van der Waals surface area contributed by atoms with E-state index in [2.05, 4.69) is 145 Å². The van der Waals surface area contributed by atoms with Gasteiger partial charge in [0.1, 0.15) is 0 Å². The molecule has 0 unspecified atom stereocenters. The van der Waals surface area contributed by atoms with Gasteiger partial charge >= 0.3 is 58.2 Å². The van der Waals surface area contributed by atoms with E-state index in [-0.39, 0.29) is 65.6 Å². The molecule has 2 heteroatoms. The second kappa shape index (κ2) is 28.9. The predicted molar refractivity (Wildman–Crippen MR) is 191 cm³/mol. The molecule has 1 fully saturated rings. The van der Waals surface area contributed by atoms with Crippen LogP contribution in [0.25, 0.3) is 5.57 Å². The van der Waals surface area contributed by atoms with Gasteiger partial charge in [-0.1, -0.05) is 181 Å². The summed E-state index contributed by atoms with van der Waals surface area (Å²) in [5.74, 6) is 0. The number of hydrogen-bond acceptors (Lipinski definition) is 1. The molecule has 226 valence electrons. The molecule has 0 saturated carbocycles. The van der Waals surface area contributed by atoms with Crippen molar-refractivity contribution in [2.24, 2.45) is 0 Å². The normalized spacial score (nSPS) is 11.3. The number of allylic oxidation sites excluding steroid dienone is 2. The summed E-state index contributed by atoms with van der Waals surface area (Å²) in [4.78, 5) is 2.40. The Morgan fingerprint density at radius 3 is 1.23 bits per heavy atom. The van der Waals surface area contributed by atoms with Crippen molar-refractivity contribution in [3.63, 3.8) is 0 Å². The van der Waals surface area contributed by atoms with Crippen LogP contribution in [0.5, 0.6) is 0 Å². The second-order valence-electron chi connectivity index (χ2n) is 9.09. The number of piperidine rings is 1. The fraction of sp³-hybridized carbons (Fsp3) is 0.293. The predicted octanol–water partition coefficient (Wildman–Crippen LogP) is 8.58. The molecular weight excluding hydrogens is 592 g/mol. The van der Waals surface area contributed by atoms with E-state index >= 15 is 0 Å². The van der Waals surface area contributed by atoms with Crippen LogP contribution in [0.15, 0.2) is 139 Å². The fourth-order valence-electron chi connectivity index (χ4n) is 4.30. The quantitative estimate of drug-likeness (QED) is 0.196. The van der Waals surface area contributed by atoms with Gasteiger partial charge in [0.25, 0.3) is 0 Å². The molecule has 0 amide bonds. The van der Waals surface area contributed by atoms with Crippen molar-refractivity contribution in [2.45, 2.75) is 60.8 Å². The van der Waals surface area contributed by atoms with E-state index in [0.717, 1.165) is 6.42 Å². The molecule has 4 aromatic rings.